The summed E-state index contributed by atoms with van der Waals surface area (Å²) in [5, 5.41) is 6.66. The number of likely N-dealkylation sites (tertiary alicyclic amines) is 1. The van der Waals surface area contributed by atoms with E-state index in [1.165, 1.54) is 0 Å². The van der Waals surface area contributed by atoms with Gasteiger partial charge < -0.3 is 14.7 Å². The molecule has 2 aromatic rings. The van der Waals surface area contributed by atoms with Crippen molar-refractivity contribution in [2.24, 2.45) is 0 Å². The van der Waals surface area contributed by atoms with Gasteiger partial charge in [-0.3, -0.25) is 9.59 Å². The van der Waals surface area contributed by atoms with Crippen LogP contribution in [0.4, 0.5) is 5.69 Å². The van der Waals surface area contributed by atoms with Crippen molar-refractivity contribution in [2.75, 3.05) is 11.9 Å². The van der Waals surface area contributed by atoms with Gasteiger partial charge in [-0.15, -0.1) is 0 Å². The minimum absolute atomic E-state index is 0.120. The van der Waals surface area contributed by atoms with Gasteiger partial charge in [0, 0.05) is 18.3 Å². The van der Waals surface area contributed by atoms with E-state index in [9.17, 15) is 9.59 Å². The monoisotopic (exact) mass is 327 g/mol. The van der Waals surface area contributed by atoms with Crippen LogP contribution in [0.3, 0.4) is 0 Å². The van der Waals surface area contributed by atoms with E-state index >= 15 is 0 Å². The molecule has 6 nitrogen and oxygen atoms in total. The summed E-state index contributed by atoms with van der Waals surface area (Å²) in [6, 6.07) is 9.24. The number of carbonyl (C=O) groups is 2. The quantitative estimate of drug-likeness (QED) is 0.876. The molecular formula is C18H21N3O3. The maximum atomic E-state index is 12.5. The second kappa shape index (κ2) is 6.86. The second-order valence-corrected chi connectivity index (χ2v) is 6.21. The molecule has 1 aliphatic rings. The van der Waals surface area contributed by atoms with E-state index < -0.39 is 0 Å². The number of nitrogens with one attached hydrogen (secondary N) is 1. The molecule has 3 rings (SSSR count). The molecule has 24 heavy (non-hydrogen) atoms. The van der Waals surface area contributed by atoms with Crippen LogP contribution in [0.15, 0.2) is 34.9 Å². The van der Waals surface area contributed by atoms with Gasteiger partial charge >= 0.3 is 0 Å². The average Bonchev–Trinajstić information content (AvgIpc) is 3.15. The molecule has 1 saturated heterocycles. The van der Waals surface area contributed by atoms with Crippen LogP contribution in [-0.2, 0) is 9.59 Å². The van der Waals surface area contributed by atoms with Crippen molar-refractivity contribution >= 4 is 17.5 Å². The zero-order valence-corrected chi connectivity index (χ0v) is 13.9. The van der Waals surface area contributed by atoms with E-state index in [4.69, 9.17) is 4.52 Å². The van der Waals surface area contributed by atoms with E-state index in [0.29, 0.717) is 18.0 Å². The van der Waals surface area contributed by atoms with Crippen molar-refractivity contribution in [3.63, 3.8) is 0 Å². The maximum absolute atomic E-state index is 12.5. The lowest BCUT2D eigenvalue weighted by atomic mass is 10.1. The molecule has 0 saturated carbocycles. The van der Waals surface area contributed by atoms with Gasteiger partial charge in [0.2, 0.25) is 11.8 Å². The third-order valence-corrected chi connectivity index (χ3v) is 4.16. The van der Waals surface area contributed by atoms with E-state index in [1.807, 2.05) is 44.2 Å². The van der Waals surface area contributed by atoms with Gasteiger partial charge in [-0.1, -0.05) is 17.3 Å². The molecule has 1 N–H and O–H groups in total. The van der Waals surface area contributed by atoms with Crippen LogP contribution in [0, 0.1) is 13.8 Å². The zero-order chi connectivity index (χ0) is 17.1. The summed E-state index contributed by atoms with van der Waals surface area (Å²) in [5.74, 6) is 0.208. The van der Waals surface area contributed by atoms with Crippen LogP contribution in [0.5, 0.6) is 0 Å². The predicted octanol–water partition coefficient (Wildman–Crippen LogP) is 2.98. The van der Waals surface area contributed by atoms with Crippen LogP contribution < -0.4 is 5.32 Å². The summed E-state index contributed by atoms with van der Waals surface area (Å²) >= 11 is 0. The van der Waals surface area contributed by atoms with Gasteiger partial charge in [0.05, 0.1) is 11.7 Å². The van der Waals surface area contributed by atoms with Gasteiger partial charge in [-0.25, -0.2) is 0 Å². The SMILES string of the molecule is Cc1cccc(NC(=O)CC(=O)N2CCCC2c2cc(C)no2)c1. The summed E-state index contributed by atoms with van der Waals surface area (Å²) < 4.78 is 5.30. The third-order valence-electron chi connectivity index (χ3n) is 4.16. The number of amides is 2. The molecule has 0 spiro atoms. The number of nitrogens with zero attached hydrogens (tertiary/aromatic N) is 2. The molecular weight excluding hydrogens is 306 g/mol. The van der Waals surface area contributed by atoms with Crippen molar-refractivity contribution in [1.29, 1.82) is 0 Å². The smallest absolute Gasteiger partial charge is 0.233 e. The van der Waals surface area contributed by atoms with E-state index in [1.54, 1.807) is 4.90 Å². The Balaban J connectivity index is 1.62. The lowest BCUT2D eigenvalue weighted by Crippen LogP contribution is -2.33. The third kappa shape index (κ3) is 3.64. The maximum Gasteiger partial charge on any atom is 0.233 e. The molecule has 1 unspecified atom stereocenters. The molecule has 126 valence electrons. The fourth-order valence-corrected chi connectivity index (χ4v) is 3.07. The summed E-state index contributed by atoms with van der Waals surface area (Å²) in [6.45, 7) is 4.44. The molecule has 1 aliphatic heterocycles. The number of carbonyl (C=O) groups excluding carboxylic acids is 2. The number of hydrogen-bond donors (Lipinski definition) is 1. The number of hydrogen-bond acceptors (Lipinski definition) is 4. The Hall–Kier alpha value is -2.63. The van der Waals surface area contributed by atoms with Crippen LogP contribution in [0.25, 0.3) is 0 Å². The molecule has 0 radical (unpaired) electrons. The highest BCUT2D eigenvalue weighted by Gasteiger charge is 2.33. The Bertz CT molecular complexity index is 753. The lowest BCUT2D eigenvalue weighted by Gasteiger charge is -2.22. The molecule has 6 heteroatoms. The van der Waals surface area contributed by atoms with Gasteiger partial charge in [-0.2, -0.15) is 0 Å². The first-order chi connectivity index (χ1) is 11.5. The molecule has 2 heterocycles. The van der Waals surface area contributed by atoms with Gasteiger partial charge in [-0.05, 0) is 44.4 Å². The van der Waals surface area contributed by atoms with Crippen molar-refractivity contribution in [3.8, 4) is 0 Å². The number of benzene rings is 1. The van der Waals surface area contributed by atoms with Crippen molar-refractivity contribution in [3.05, 3.63) is 47.3 Å². The molecule has 2 amide bonds. The summed E-state index contributed by atoms with van der Waals surface area (Å²) in [5.41, 5.74) is 2.55. The fourth-order valence-electron chi connectivity index (χ4n) is 3.07. The Morgan fingerprint density at radius 2 is 2.17 bits per heavy atom. The van der Waals surface area contributed by atoms with Crippen molar-refractivity contribution < 1.29 is 14.1 Å². The number of aromatic nitrogens is 1. The highest BCUT2D eigenvalue weighted by atomic mass is 16.5. The van der Waals surface area contributed by atoms with Gasteiger partial charge in [0.25, 0.3) is 0 Å². The van der Waals surface area contributed by atoms with Crippen molar-refractivity contribution in [2.45, 2.75) is 39.2 Å². The van der Waals surface area contributed by atoms with E-state index in [2.05, 4.69) is 10.5 Å². The Morgan fingerprint density at radius 1 is 1.33 bits per heavy atom. The molecule has 0 aliphatic carbocycles. The van der Waals surface area contributed by atoms with Crippen LogP contribution >= 0.6 is 0 Å². The first-order valence-corrected chi connectivity index (χ1v) is 8.12. The number of anilines is 1. The minimum Gasteiger partial charge on any atom is -0.359 e. The lowest BCUT2D eigenvalue weighted by molar-refractivity contribution is -0.135. The van der Waals surface area contributed by atoms with Crippen LogP contribution in [0.2, 0.25) is 0 Å². The first-order valence-electron chi connectivity index (χ1n) is 8.12. The average molecular weight is 327 g/mol. The minimum atomic E-state index is -0.301. The summed E-state index contributed by atoms with van der Waals surface area (Å²) in [6.07, 6.45) is 1.56. The molecule has 1 atom stereocenters. The Labute approximate surface area is 140 Å². The van der Waals surface area contributed by atoms with E-state index in [-0.39, 0.29) is 24.3 Å². The molecule has 1 fully saturated rings. The highest BCUT2D eigenvalue weighted by Crippen LogP contribution is 2.32. The van der Waals surface area contributed by atoms with Gasteiger partial charge in [0.15, 0.2) is 5.76 Å². The highest BCUT2D eigenvalue weighted by molar-refractivity contribution is 6.03. The fraction of sp³-hybridized carbons (Fsp3) is 0.389. The van der Waals surface area contributed by atoms with Crippen molar-refractivity contribution in [1.82, 2.24) is 10.1 Å². The summed E-state index contributed by atoms with van der Waals surface area (Å²) in [4.78, 5) is 26.4. The first kappa shape index (κ1) is 16.2. The van der Waals surface area contributed by atoms with Crippen LogP contribution in [-0.4, -0.2) is 28.4 Å². The second-order valence-electron chi connectivity index (χ2n) is 6.21. The Morgan fingerprint density at radius 3 is 2.88 bits per heavy atom. The topological polar surface area (TPSA) is 75.4 Å². The predicted molar refractivity (Wildman–Crippen MR) is 89.4 cm³/mol. The number of aryl methyl sites for hydroxylation is 2. The van der Waals surface area contributed by atoms with Crippen LogP contribution in [0.1, 0.15) is 42.3 Å². The Kier molecular flexibility index (Phi) is 4.64. The van der Waals surface area contributed by atoms with E-state index in [0.717, 1.165) is 24.1 Å². The van der Waals surface area contributed by atoms with Gasteiger partial charge in [0.1, 0.15) is 6.42 Å². The molecule has 1 aromatic carbocycles. The molecule has 1 aromatic heterocycles. The summed E-state index contributed by atoms with van der Waals surface area (Å²) in [7, 11) is 0. The zero-order valence-electron chi connectivity index (χ0n) is 13.9. The number of rotatable bonds is 4. The standard InChI is InChI=1S/C18H21N3O3/c1-12-5-3-6-14(9-12)19-17(22)11-18(23)21-8-4-7-15(21)16-10-13(2)20-24-16/h3,5-6,9-10,15H,4,7-8,11H2,1-2H3,(H,19,22). The molecule has 0 bridgehead atoms. The largest absolute Gasteiger partial charge is 0.359 e. The normalized spacial score (nSPS) is 17.1.